The van der Waals surface area contributed by atoms with Gasteiger partial charge in [0.1, 0.15) is 12.8 Å². The van der Waals surface area contributed by atoms with Gasteiger partial charge in [0.2, 0.25) is 0 Å². The minimum absolute atomic E-state index is 0.755. The summed E-state index contributed by atoms with van der Waals surface area (Å²) in [5, 5.41) is 55.5. The molecule has 0 radical (unpaired) electrons. The highest BCUT2D eigenvalue weighted by molar-refractivity contribution is 6.36. The SMILES string of the molecule is O=C(O)CC(=O)C(=O)O.O=C(O)CC(=O)C(=O)O.O=C(O)CC(O)C(=O)O. The lowest BCUT2D eigenvalue weighted by Crippen LogP contribution is -2.22. The van der Waals surface area contributed by atoms with Gasteiger partial charge in [0.25, 0.3) is 11.6 Å². The van der Waals surface area contributed by atoms with Crippen LogP contribution < -0.4 is 0 Å². The summed E-state index contributed by atoms with van der Waals surface area (Å²) in [6.07, 6.45) is -4.44. The van der Waals surface area contributed by atoms with Crippen molar-refractivity contribution in [3.63, 3.8) is 0 Å². The Morgan fingerprint density at radius 3 is 0.926 bits per heavy atom. The molecule has 0 aromatic carbocycles. The number of carboxylic acids is 6. The molecule has 0 saturated heterocycles. The predicted octanol–water partition coefficient (Wildman–Crippen LogP) is -2.86. The number of carbonyl (C=O) groups excluding carboxylic acids is 2. The topological polar surface area (TPSA) is 278 Å². The number of hydrogen-bond acceptors (Lipinski definition) is 9. The Kier molecular flexibility index (Phi) is 15.0. The third kappa shape index (κ3) is 22.1. The molecule has 27 heavy (non-hydrogen) atoms. The molecule has 0 spiro atoms. The Morgan fingerprint density at radius 2 is 0.852 bits per heavy atom. The van der Waals surface area contributed by atoms with Gasteiger partial charge in [0.05, 0.1) is 6.42 Å². The highest BCUT2D eigenvalue weighted by atomic mass is 16.4. The largest absolute Gasteiger partial charge is 0.481 e. The summed E-state index contributed by atoms with van der Waals surface area (Å²) in [6, 6.07) is 0. The van der Waals surface area contributed by atoms with Crippen LogP contribution >= 0.6 is 0 Å². The average Bonchev–Trinajstić information content (AvgIpc) is 2.46. The molecule has 0 saturated carbocycles. The predicted molar refractivity (Wildman–Crippen MR) is 75.7 cm³/mol. The fourth-order valence-electron chi connectivity index (χ4n) is 0.679. The number of aliphatic hydroxyl groups excluding tert-OH is 1. The van der Waals surface area contributed by atoms with Gasteiger partial charge in [-0.05, 0) is 0 Å². The van der Waals surface area contributed by atoms with Crippen LogP contribution in [0.15, 0.2) is 0 Å². The number of carbonyl (C=O) groups is 8. The van der Waals surface area contributed by atoms with E-state index < -0.39 is 72.7 Å². The molecule has 0 rings (SSSR count). The molecule has 0 heterocycles. The zero-order chi connectivity index (χ0) is 22.3. The van der Waals surface area contributed by atoms with Gasteiger partial charge in [0.15, 0.2) is 6.10 Å². The van der Waals surface area contributed by atoms with E-state index in [0.717, 1.165) is 0 Å². The minimum atomic E-state index is -1.79. The van der Waals surface area contributed by atoms with Crippen molar-refractivity contribution in [3.05, 3.63) is 0 Å². The molecular formula is C12H14O15. The summed E-state index contributed by atoms with van der Waals surface area (Å²) in [4.78, 5) is 77.9. The third-order valence-corrected chi connectivity index (χ3v) is 1.75. The van der Waals surface area contributed by atoms with Crippen LogP contribution in [-0.2, 0) is 38.4 Å². The average molecular weight is 398 g/mol. The molecule has 152 valence electrons. The molecule has 0 fully saturated rings. The normalized spacial score (nSPS) is 9.81. The number of hydrogen-bond donors (Lipinski definition) is 7. The van der Waals surface area contributed by atoms with E-state index in [4.69, 9.17) is 35.7 Å². The number of aliphatic hydroxyl groups is 1. The van der Waals surface area contributed by atoms with Crippen LogP contribution in [0.2, 0.25) is 0 Å². The molecule has 15 heteroatoms. The van der Waals surface area contributed by atoms with E-state index >= 15 is 0 Å². The molecule has 0 bridgehead atoms. The Hall–Kier alpha value is -3.88. The quantitative estimate of drug-likeness (QED) is 0.152. The van der Waals surface area contributed by atoms with Crippen molar-refractivity contribution in [2.75, 3.05) is 0 Å². The Labute approximate surface area is 148 Å². The number of Topliss-reactive ketones (excluding diaryl/α,β-unsaturated/α-hetero) is 2. The van der Waals surface area contributed by atoms with Crippen LogP contribution in [0.3, 0.4) is 0 Å². The van der Waals surface area contributed by atoms with E-state index in [0.29, 0.717) is 0 Å². The van der Waals surface area contributed by atoms with Crippen LogP contribution in [0.5, 0.6) is 0 Å². The first kappa shape index (κ1) is 27.9. The summed E-state index contributed by atoms with van der Waals surface area (Å²) in [5.41, 5.74) is 0. The Balaban J connectivity index is -0.000000320. The number of carboxylic acid groups (broad SMARTS) is 6. The van der Waals surface area contributed by atoms with Crippen LogP contribution in [-0.4, -0.2) is 89.2 Å². The van der Waals surface area contributed by atoms with Gasteiger partial charge in [-0.2, -0.15) is 0 Å². The van der Waals surface area contributed by atoms with Gasteiger partial charge < -0.3 is 35.7 Å². The van der Waals surface area contributed by atoms with Crippen molar-refractivity contribution in [1.29, 1.82) is 0 Å². The van der Waals surface area contributed by atoms with Gasteiger partial charge >= 0.3 is 35.8 Å². The molecule has 0 aromatic rings. The summed E-state index contributed by atoms with van der Waals surface area (Å²) in [5.74, 6) is -11.7. The molecule has 0 aromatic heterocycles. The van der Waals surface area contributed by atoms with Gasteiger partial charge in [-0.3, -0.25) is 24.0 Å². The zero-order valence-electron chi connectivity index (χ0n) is 13.1. The zero-order valence-corrected chi connectivity index (χ0v) is 13.1. The maximum Gasteiger partial charge on any atom is 0.372 e. The van der Waals surface area contributed by atoms with E-state index in [2.05, 4.69) is 0 Å². The monoisotopic (exact) mass is 398 g/mol. The highest BCUT2D eigenvalue weighted by Gasteiger charge is 2.16. The summed E-state index contributed by atoms with van der Waals surface area (Å²) < 4.78 is 0. The molecule has 1 unspecified atom stereocenters. The smallest absolute Gasteiger partial charge is 0.372 e. The number of aliphatic carboxylic acids is 6. The van der Waals surface area contributed by atoms with E-state index in [9.17, 15) is 38.4 Å². The molecule has 0 amide bonds. The van der Waals surface area contributed by atoms with Crippen molar-refractivity contribution >= 4 is 47.4 Å². The van der Waals surface area contributed by atoms with E-state index in [1.54, 1.807) is 0 Å². The van der Waals surface area contributed by atoms with Gasteiger partial charge in [-0.15, -0.1) is 0 Å². The third-order valence-electron chi connectivity index (χ3n) is 1.75. The Morgan fingerprint density at radius 1 is 0.556 bits per heavy atom. The number of rotatable bonds is 9. The van der Waals surface area contributed by atoms with E-state index in [1.165, 1.54) is 0 Å². The molecule has 7 N–H and O–H groups in total. The fraction of sp³-hybridized carbons (Fsp3) is 0.333. The van der Waals surface area contributed by atoms with E-state index in [-0.39, 0.29) is 0 Å². The fourth-order valence-corrected chi connectivity index (χ4v) is 0.679. The van der Waals surface area contributed by atoms with Crippen molar-refractivity contribution in [1.82, 2.24) is 0 Å². The van der Waals surface area contributed by atoms with Crippen LogP contribution in [0.1, 0.15) is 19.3 Å². The lowest BCUT2D eigenvalue weighted by Gasteiger charge is -1.97. The summed E-state index contributed by atoms with van der Waals surface area (Å²) >= 11 is 0. The van der Waals surface area contributed by atoms with Gasteiger partial charge in [0, 0.05) is 0 Å². The van der Waals surface area contributed by atoms with Crippen LogP contribution in [0.25, 0.3) is 0 Å². The first-order valence-electron chi connectivity index (χ1n) is 6.20. The summed E-state index contributed by atoms with van der Waals surface area (Å²) in [7, 11) is 0. The van der Waals surface area contributed by atoms with Crippen molar-refractivity contribution < 1.29 is 74.1 Å². The lowest BCUT2D eigenvalue weighted by molar-refractivity contribution is -0.153. The minimum Gasteiger partial charge on any atom is -0.481 e. The van der Waals surface area contributed by atoms with E-state index in [1.807, 2.05) is 0 Å². The second kappa shape index (κ2) is 14.5. The van der Waals surface area contributed by atoms with Crippen LogP contribution in [0, 0.1) is 0 Å². The molecule has 0 aliphatic rings. The molecule has 0 aliphatic carbocycles. The maximum absolute atomic E-state index is 9.97. The summed E-state index contributed by atoms with van der Waals surface area (Å²) in [6.45, 7) is 0. The first-order valence-corrected chi connectivity index (χ1v) is 6.20. The second-order valence-electron chi connectivity index (χ2n) is 4.05. The van der Waals surface area contributed by atoms with Crippen molar-refractivity contribution in [3.8, 4) is 0 Å². The molecule has 1 atom stereocenters. The standard InChI is InChI=1S/C4H6O5.2C4H4O5/c3*5-2(4(8)9)1-3(6)7/h2,5H,1H2,(H,6,7)(H,8,9);2*1H2,(H,6,7)(H,8,9). The van der Waals surface area contributed by atoms with Gasteiger partial charge in [-0.1, -0.05) is 0 Å². The number of ketones is 2. The van der Waals surface area contributed by atoms with Crippen LogP contribution in [0.4, 0.5) is 0 Å². The van der Waals surface area contributed by atoms with Crippen molar-refractivity contribution in [2.45, 2.75) is 25.4 Å². The van der Waals surface area contributed by atoms with Gasteiger partial charge in [-0.25, -0.2) is 14.4 Å². The molecule has 0 aliphatic heterocycles. The molecular weight excluding hydrogens is 384 g/mol. The Bertz CT molecular complexity index is 578. The lowest BCUT2D eigenvalue weighted by atomic mass is 10.3. The second-order valence-corrected chi connectivity index (χ2v) is 4.05. The molecule has 15 nitrogen and oxygen atoms in total. The maximum atomic E-state index is 9.97. The first-order chi connectivity index (χ1) is 12.1. The highest BCUT2D eigenvalue weighted by Crippen LogP contribution is 1.89. The van der Waals surface area contributed by atoms with Crippen molar-refractivity contribution in [2.24, 2.45) is 0 Å².